The van der Waals surface area contributed by atoms with Crippen molar-refractivity contribution in [2.24, 2.45) is 0 Å². The van der Waals surface area contributed by atoms with Crippen molar-refractivity contribution in [2.75, 3.05) is 64.4 Å². The number of ether oxygens (including phenoxy) is 3. The maximum Gasteiger partial charge on any atom is 0.267 e. The third kappa shape index (κ3) is 15.0. The van der Waals surface area contributed by atoms with E-state index in [1.807, 2.05) is 0 Å². The SMILES string of the molecule is CCS(=O)(=O)OCCOCCOCCOCCOS(=O)(=O)CC. The lowest BCUT2D eigenvalue weighted by molar-refractivity contribution is 0.00560. The highest BCUT2D eigenvalue weighted by Crippen LogP contribution is 1.93. The number of rotatable bonds is 16. The normalized spacial score (nSPS) is 12.6. The third-order valence-corrected chi connectivity index (χ3v) is 4.90. The smallest absolute Gasteiger partial charge is 0.267 e. The van der Waals surface area contributed by atoms with Crippen LogP contribution in [-0.2, 0) is 42.8 Å². The van der Waals surface area contributed by atoms with Gasteiger partial charge < -0.3 is 14.2 Å². The Morgan fingerprint density at radius 2 is 0.783 bits per heavy atom. The van der Waals surface area contributed by atoms with E-state index in [-0.39, 0.29) is 37.9 Å². The van der Waals surface area contributed by atoms with Gasteiger partial charge in [0.05, 0.1) is 64.4 Å². The van der Waals surface area contributed by atoms with E-state index in [2.05, 4.69) is 8.37 Å². The van der Waals surface area contributed by atoms with Crippen molar-refractivity contribution in [3.8, 4) is 0 Å². The fraction of sp³-hybridized carbons (Fsp3) is 1.00. The van der Waals surface area contributed by atoms with E-state index in [0.29, 0.717) is 26.4 Å². The van der Waals surface area contributed by atoms with Gasteiger partial charge in [-0.15, -0.1) is 0 Å². The molecule has 0 radical (unpaired) electrons. The van der Waals surface area contributed by atoms with Gasteiger partial charge in [0, 0.05) is 0 Å². The molecule has 0 saturated carbocycles. The largest absolute Gasteiger partial charge is 0.377 e. The zero-order valence-electron chi connectivity index (χ0n) is 13.6. The van der Waals surface area contributed by atoms with Gasteiger partial charge in [-0.25, -0.2) is 0 Å². The Morgan fingerprint density at radius 3 is 1.04 bits per heavy atom. The molecule has 0 spiro atoms. The standard InChI is InChI=1S/C12H26O9S2/c1-3-22(13,14)20-11-9-18-7-5-17-6-8-19-10-12-21-23(15,16)4-2/h3-12H2,1-2H3. The maximum absolute atomic E-state index is 11.0. The van der Waals surface area contributed by atoms with E-state index in [9.17, 15) is 16.8 Å². The second-order valence-corrected chi connectivity index (χ2v) is 8.03. The fourth-order valence-corrected chi connectivity index (χ4v) is 2.13. The Bertz CT molecular complexity index is 429. The average molecular weight is 378 g/mol. The Balaban J connectivity index is 3.26. The molecule has 0 unspecified atom stereocenters. The molecular formula is C12H26O9S2. The van der Waals surface area contributed by atoms with Gasteiger partial charge in [0.15, 0.2) is 0 Å². The minimum absolute atomic E-state index is 0.0139. The van der Waals surface area contributed by atoms with Crippen LogP contribution < -0.4 is 0 Å². The highest BCUT2D eigenvalue weighted by molar-refractivity contribution is 7.86. The molecule has 0 heterocycles. The van der Waals surface area contributed by atoms with Gasteiger partial charge in [-0.1, -0.05) is 0 Å². The summed E-state index contributed by atoms with van der Waals surface area (Å²) in [6.45, 7) is 4.61. The lowest BCUT2D eigenvalue weighted by Gasteiger charge is -2.07. The Kier molecular flexibility index (Phi) is 12.9. The molecule has 0 aliphatic carbocycles. The summed E-state index contributed by atoms with van der Waals surface area (Å²) in [6, 6.07) is 0. The molecule has 0 N–H and O–H groups in total. The number of hydrogen-bond donors (Lipinski definition) is 0. The molecule has 0 atom stereocenters. The van der Waals surface area contributed by atoms with Crippen LogP contribution in [0.1, 0.15) is 13.8 Å². The summed E-state index contributed by atoms with van der Waals surface area (Å²) in [5.41, 5.74) is 0. The van der Waals surface area contributed by atoms with Crippen LogP contribution >= 0.6 is 0 Å². The quantitative estimate of drug-likeness (QED) is 0.265. The molecule has 0 bridgehead atoms. The van der Waals surface area contributed by atoms with Gasteiger partial charge in [-0.2, -0.15) is 16.8 Å². The second-order valence-electron chi connectivity index (χ2n) is 4.17. The lowest BCUT2D eigenvalue weighted by Crippen LogP contribution is -2.16. The van der Waals surface area contributed by atoms with Crippen LogP contribution in [0.2, 0.25) is 0 Å². The lowest BCUT2D eigenvalue weighted by atomic mass is 10.7. The third-order valence-electron chi connectivity index (χ3n) is 2.43. The van der Waals surface area contributed by atoms with Crippen LogP contribution in [0.4, 0.5) is 0 Å². The van der Waals surface area contributed by atoms with E-state index in [0.717, 1.165) is 0 Å². The maximum atomic E-state index is 11.0. The summed E-state index contributed by atoms with van der Waals surface area (Å²) >= 11 is 0. The summed E-state index contributed by atoms with van der Waals surface area (Å²) < 4.78 is 68.7. The van der Waals surface area contributed by atoms with E-state index >= 15 is 0 Å². The summed E-state index contributed by atoms with van der Waals surface area (Å²) in [7, 11) is -6.84. The van der Waals surface area contributed by atoms with Crippen molar-refractivity contribution < 1.29 is 39.4 Å². The molecule has 0 aromatic heterocycles. The molecule has 0 aromatic rings. The zero-order chi connectivity index (χ0) is 17.6. The first-order valence-electron chi connectivity index (χ1n) is 7.30. The van der Waals surface area contributed by atoms with Crippen LogP contribution in [-0.4, -0.2) is 81.2 Å². The van der Waals surface area contributed by atoms with E-state index < -0.39 is 20.2 Å². The first-order chi connectivity index (χ1) is 10.8. The van der Waals surface area contributed by atoms with E-state index in [1.165, 1.54) is 13.8 Å². The molecule has 0 aliphatic heterocycles. The van der Waals surface area contributed by atoms with Crippen LogP contribution in [0, 0.1) is 0 Å². The van der Waals surface area contributed by atoms with Crippen molar-refractivity contribution in [2.45, 2.75) is 13.8 Å². The predicted octanol–water partition coefficient (Wildman–Crippen LogP) is -0.231. The van der Waals surface area contributed by atoms with Gasteiger partial charge in [0.1, 0.15) is 0 Å². The topological polar surface area (TPSA) is 114 Å². The highest BCUT2D eigenvalue weighted by atomic mass is 32.2. The van der Waals surface area contributed by atoms with Crippen LogP contribution in [0.25, 0.3) is 0 Å². The summed E-state index contributed by atoms with van der Waals surface area (Å²) in [6.07, 6.45) is 0. The van der Waals surface area contributed by atoms with Crippen molar-refractivity contribution >= 4 is 20.2 Å². The fourth-order valence-electron chi connectivity index (χ4n) is 1.15. The molecule has 9 nitrogen and oxygen atoms in total. The van der Waals surface area contributed by atoms with Crippen molar-refractivity contribution in [3.05, 3.63) is 0 Å². The average Bonchev–Trinajstić information content (AvgIpc) is 2.51. The molecule has 0 rings (SSSR count). The molecule has 0 aliphatic rings. The first-order valence-corrected chi connectivity index (χ1v) is 10.5. The minimum Gasteiger partial charge on any atom is -0.377 e. The van der Waals surface area contributed by atoms with Crippen molar-refractivity contribution in [1.29, 1.82) is 0 Å². The molecule has 0 fully saturated rings. The molecule has 0 aromatic carbocycles. The summed E-state index contributed by atoms with van der Waals surface area (Å²) in [5, 5.41) is 0. The van der Waals surface area contributed by atoms with Crippen LogP contribution in [0.3, 0.4) is 0 Å². The Labute approximate surface area is 138 Å². The van der Waals surface area contributed by atoms with Gasteiger partial charge in [0.25, 0.3) is 20.2 Å². The molecular weight excluding hydrogens is 352 g/mol. The summed E-state index contributed by atoms with van der Waals surface area (Å²) in [5.74, 6) is -0.128. The molecule has 0 saturated heterocycles. The second kappa shape index (κ2) is 13.0. The number of hydrogen-bond acceptors (Lipinski definition) is 9. The van der Waals surface area contributed by atoms with Crippen molar-refractivity contribution in [3.63, 3.8) is 0 Å². The zero-order valence-corrected chi connectivity index (χ0v) is 15.2. The first kappa shape index (κ1) is 22.7. The van der Waals surface area contributed by atoms with Crippen LogP contribution in [0.15, 0.2) is 0 Å². The Morgan fingerprint density at radius 1 is 0.522 bits per heavy atom. The highest BCUT2D eigenvalue weighted by Gasteiger charge is 2.06. The molecule has 23 heavy (non-hydrogen) atoms. The molecule has 0 amide bonds. The van der Waals surface area contributed by atoms with Gasteiger partial charge in [-0.05, 0) is 13.8 Å². The van der Waals surface area contributed by atoms with Crippen LogP contribution in [0.5, 0.6) is 0 Å². The van der Waals surface area contributed by atoms with Crippen molar-refractivity contribution in [1.82, 2.24) is 0 Å². The van der Waals surface area contributed by atoms with Gasteiger partial charge >= 0.3 is 0 Å². The monoisotopic (exact) mass is 378 g/mol. The predicted molar refractivity (Wildman–Crippen MR) is 83.3 cm³/mol. The van der Waals surface area contributed by atoms with E-state index in [1.54, 1.807) is 0 Å². The molecule has 11 heteroatoms. The van der Waals surface area contributed by atoms with Gasteiger partial charge in [-0.3, -0.25) is 8.37 Å². The Hall–Kier alpha value is -0.300. The summed E-state index contributed by atoms with van der Waals surface area (Å²) in [4.78, 5) is 0. The van der Waals surface area contributed by atoms with E-state index in [4.69, 9.17) is 14.2 Å². The molecule has 140 valence electrons. The van der Waals surface area contributed by atoms with Gasteiger partial charge in [0.2, 0.25) is 0 Å². The minimum atomic E-state index is -3.42.